The summed E-state index contributed by atoms with van der Waals surface area (Å²) in [5.41, 5.74) is 1.46. The predicted octanol–water partition coefficient (Wildman–Crippen LogP) is 3.79. The molecular formula is C17H14ClFO2. The first-order valence-electron chi connectivity index (χ1n) is 6.45. The van der Waals surface area contributed by atoms with Crippen LogP contribution < -0.4 is 4.74 Å². The molecule has 2 aromatic carbocycles. The van der Waals surface area contributed by atoms with E-state index in [2.05, 4.69) is 11.8 Å². The number of aliphatic hydroxyl groups is 1. The molecule has 4 heteroatoms. The van der Waals surface area contributed by atoms with Gasteiger partial charge in [0.1, 0.15) is 18.2 Å². The lowest BCUT2D eigenvalue weighted by atomic mass is 10.2. The molecule has 0 radical (unpaired) electrons. The van der Waals surface area contributed by atoms with Crippen LogP contribution in [0.2, 0.25) is 5.02 Å². The van der Waals surface area contributed by atoms with Crippen molar-refractivity contribution >= 4 is 11.6 Å². The summed E-state index contributed by atoms with van der Waals surface area (Å²) < 4.78 is 19.1. The van der Waals surface area contributed by atoms with Crippen LogP contribution in [0.5, 0.6) is 5.75 Å². The first-order valence-corrected chi connectivity index (χ1v) is 6.83. The van der Waals surface area contributed by atoms with Gasteiger partial charge in [-0.05, 0) is 29.8 Å². The summed E-state index contributed by atoms with van der Waals surface area (Å²) >= 11 is 5.81. The maximum absolute atomic E-state index is 13.5. The number of ether oxygens (including phenoxy) is 1. The average Bonchev–Trinajstić information content (AvgIpc) is 2.46. The van der Waals surface area contributed by atoms with Crippen LogP contribution in [0.3, 0.4) is 0 Å². The summed E-state index contributed by atoms with van der Waals surface area (Å²) in [6.07, 6.45) is 0.359. The van der Waals surface area contributed by atoms with E-state index in [1.54, 1.807) is 18.2 Å². The van der Waals surface area contributed by atoms with Gasteiger partial charge in [0.25, 0.3) is 0 Å². The van der Waals surface area contributed by atoms with E-state index < -0.39 is 5.82 Å². The summed E-state index contributed by atoms with van der Waals surface area (Å²) in [4.78, 5) is 0. The first-order chi connectivity index (χ1) is 10.2. The molecule has 2 aromatic rings. The van der Waals surface area contributed by atoms with E-state index >= 15 is 0 Å². The summed E-state index contributed by atoms with van der Waals surface area (Å²) in [5.74, 6) is 5.54. The van der Waals surface area contributed by atoms with Crippen molar-refractivity contribution in [3.05, 3.63) is 64.4 Å². The molecule has 0 aliphatic carbocycles. The van der Waals surface area contributed by atoms with Crippen LogP contribution in [0.25, 0.3) is 0 Å². The Kier molecular flexibility index (Phi) is 5.62. The van der Waals surface area contributed by atoms with Gasteiger partial charge in [0, 0.05) is 23.1 Å². The van der Waals surface area contributed by atoms with Crippen LogP contribution in [0, 0.1) is 17.7 Å². The van der Waals surface area contributed by atoms with E-state index in [1.807, 2.05) is 12.1 Å². The van der Waals surface area contributed by atoms with E-state index in [-0.39, 0.29) is 6.61 Å². The minimum absolute atomic E-state index is 0.0117. The first kappa shape index (κ1) is 15.4. The van der Waals surface area contributed by atoms with Crippen molar-refractivity contribution in [1.82, 2.24) is 0 Å². The Morgan fingerprint density at radius 3 is 2.62 bits per heavy atom. The van der Waals surface area contributed by atoms with E-state index in [0.29, 0.717) is 29.4 Å². The maximum Gasteiger partial charge on any atom is 0.128 e. The molecule has 1 N–H and O–H groups in total. The highest BCUT2D eigenvalue weighted by Gasteiger charge is 2.01. The van der Waals surface area contributed by atoms with Gasteiger partial charge in [-0.25, -0.2) is 4.39 Å². The molecule has 0 saturated carbocycles. The summed E-state index contributed by atoms with van der Waals surface area (Å²) in [5, 5.41) is 9.33. The fraction of sp³-hybridized carbons (Fsp3) is 0.176. The van der Waals surface area contributed by atoms with Crippen LogP contribution in [0.15, 0.2) is 42.5 Å². The van der Waals surface area contributed by atoms with Gasteiger partial charge >= 0.3 is 0 Å². The molecule has 0 fully saturated rings. The molecule has 0 atom stereocenters. The lowest BCUT2D eigenvalue weighted by Crippen LogP contribution is -1.96. The summed E-state index contributed by atoms with van der Waals surface area (Å²) in [6.45, 7) is 0.312. The van der Waals surface area contributed by atoms with E-state index in [1.165, 1.54) is 12.1 Å². The second kappa shape index (κ2) is 7.68. The quantitative estimate of drug-likeness (QED) is 0.871. The van der Waals surface area contributed by atoms with Crippen LogP contribution in [-0.2, 0) is 6.61 Å². The van der Waals surface area contributed by atoms with Crippen molar-refractivity contribution in [1.29, 1.82) is 0 Å². The molecule has 2 rings (SSSR count). The third-order valence-corrected chi connectivity index (χ3v) is 2.91. The van der Waals surface area contributed by atoms with Crippen LogP contribution in [0.4, 0.5) is 4.39 Å². The molecule has 0 aliphatic rings. The van der Waals surface area contributed by atoms with E-state index in [4.69, 9.17) is 21.4 Å². The molecule has 0 spiro atoms. The molecule has 0 heterocycles. The van der Waals surface area contributed by atoms with Gasteiger partial charge in [0.2, 0.25) is 0 Å². The lowest BCUT2D eigenvalue weighted by molar-refractivity contribution is 0.304. The standard InChI is InChI=1S/C17H14ClFO2/c18-15-6-4-13(5-7-15)12-21-17-10-14(3-1-2-8-20)9-16(19)11-17/h4-7,9-11,20H,2,8,12H2. The van der Waals surface area contributed by atoms with Gasteiger partial charge in [-0.3, -0.25) is 0 Å². The van der Waals surface area contributed by atoms with Crippen LogP contribution >= 0.6 is 11.6 Å². The van der Waals surface area contributed by atoms with Gasteiger partial charge in [-0.15, -0.1) is 0 Å². The van der Waals surface area contributed by atoms with Crippen molar-refractivity contribution < 1.29 is 14.2 Å². The third-order valence-electron chi connectivity index (χ3n) is 2.66. The normalized spacial score (nSPS) is 9.86. The smallest absolute Gasteiger partial charge is 0.128 e. The Morgan fingerprint density at radius 2 is 1.90 bits per heavy atom. The Balaban J connectivity index is 2.06. The van der Waals surface area contributed by atoms with Crippen molar-refractivity contribution in [2.75, 3.05) is 6.61 Å². The van der Waals surface area contributed by atoms with Gasteiger partial charge in [-0.1, -0.05) is 35.6 Å². The second-order valence-corrected chi connectivity index (χ2v) is 4.80. The highest BCUT2D eigenvalue weighted by molar-refractivity contribution is 6.30. The number of hydrogen-bond donors (Lipinski definition) is 1. The van der Waals surface area contributed by atoms with E-state index in [0.717, 1.165) is 5.56 Å². The molecule has 0 amide bonds. The number of hydrogen-bond acceptors (Lipinski definition) is 2. The van der Waals surface area contributed by atoms with Crippen molar-refractivity contribution in [2.45, 2.75) is 13.0 Å². The number of halogens is 2. The SMILES string of the molecule is OCCC#Cc1cc(F)cc(OCc2ccc(Cl)cc2)c1. The molecule has 21 heavy (non-hydrogen) atoms. The fourth-order valence-electron chi connectivity index (χ4n) is 1.69. The topological polar surface area (TPSA) is 29.5 Å². The average molecular weight is 305 g/mol. The fourth-order valence-corrected chi connectivity index (χ4v) is 1.81. The Labute approximate surface area is 128 Å². The zero-order valence-corrected chi connectivity index (χ0v) is 12.0. The summed E-state index contributed by atoms with van der Waals surface area (Å²) in [7, 11) is 0. The van der Waals surface area contributed by atoms with Gasteiger partial charge < -0.3 is 9.84 Å². The number of rotatable bonds is 4. The van der Waals surface area contributed by atoms with Crippen molar-refractivity contribution in [3.63, 3.8) is 0 Å². The molecule has 0 aliphatic heterocycles. The minimum atomic E-state index is -0.406. The number of benzene rings is 2. The van der Waals surface area contributed by atoms with Gasteiger partial charge in [0.05, 0.1) is 6.61 Å². The maximum atomic E-state index is 13.5. The van der Waals surface area contributed by atoms with Crippen LogP contribution in [-0.4, -0.2) is 11.7 Å². The molecule has 2 nitrogen and oxygen atoms in total. The monoisotopic (exact) mass is 304 g/mol. The van der Waals surface area contributed by atoms with E-state index in [9.17, 15) is 4.39 Å². The zero-order chi connectivity index (χ0) is 15.1. The molecular weight excluding hydrogens is 291 g/mol. The Bertz CT molecular complexity index is 657. The van der Waals surface area contributed by atoms with Crippen molar-refractivity contribution in [3.8, 4) is 17.6 Å². The Hall–Kier alpha value is -2.02. The molecule has 0 saturated heterocycles. The lowest BCUT2D eigenvalue weighted by Gasteiger charge is -2.07. The predicted molar refractivity (Wildman–Crippen MR) is 80.8 cm³/mol. The molecule has 0 unspecified atom stereocenters. The number of aliphatic hydroxyl groups excluding tert-OH is 1. The second-order valence-electron chi connectivity index (χ2n) is 4.37. The molecule has 0 aromatic heterocycles. The minimum Gasteiger partial charge on any atom is -0.489 e. The summed E-state index contributed by atoms with van der Waals surface area (Å²) in [6, 6.07) is 11.6. The molecule has 108 valence electrons. The molecule has 0 bridgehead atoms. The zero-order valence-electron chi connectivity index (χ0n) is 11.3. The van der Waals surface area contributed by atoms with Gasteiger partial charge in [0.15, 0.2) is 0 Å². The largest absolute Gasteiger partial charge is 0.489 e. The third kappa shape index (κ3) is 5.11. The highest BCUT2D eigenvalue weighted by Crippen LogP contribution is 2.18. The van der Waals surface area contributed by atoms with Gasteiger partial charge in [-0.2, -0.15) is 0 Å². The van der Waals surface area contributed by atoms with Crippen LogP contribution in [0.1, 0.15) is 17.5 Å². The highest BCUT2D eigenvalue weighted by atomic mass is 35.5. The van der Waals surface area contributed by atoms with Crippen molar-refractivity contribution in [2.24, 2.45) is 0 Å². The Morgan fingerprint density at radius 1 is 1.14 bits per heavy atom.